The van der Waals surface area contributed by atoms with Crippen molar-refractivity contribution in [2.75, 3.05) is 0 Å². The van der Waals surface area contributed by atoms with Crippen molar-refractivity contribution in [1.29, 1.82) is 0 Å². The minimum absolute atomic E-state index is 0.317. The first-order chi connectivity index (χ1) is 8.19. The van der Waals surface area contributed by atoms with E-state index in [1.54, 1.807) is 0 Å². The maximum atomic E-state index is 12.3. The lowest BCUT2D eigenvalue weighted by Gasteiger charge is -2.40. The number of hydrogen-bond acceptors (Lipinski definition) is 1. The van der Waals surface area contributed by atoms with E-state index in [2.05, 4.69) is 25.1 Å². The number of benzene rings is 1. The number of ketones is 1. The Balaban J connectivity index is 1.97. The molecule has 2 aliphatic carbocycles. The van der Waals surface area contributed by atoms with E-state index < -0.39 is 0 Å². The second-order valence-corrected chi connectivity index (χ2v) is 6.00. The zero-order valence-electron chi connectivity index (χ0n) is 10.6. The van der Waals surface area contributed by atoms with Crippen LogP contribution in [0.25, 0.3) is 0 Å². The molecule has 3 rings (SSSR count). The fourth-order valence-electron chi connectivity index (χ4n) is 3.66. The second-order valence-electron chi connectivity index (χ2n) is 6.00. The van der Waals surface area contributed by atoms with Crippen molar-refractivity contribution < 1.29 is 4.79 Å². The lowest BCUT2D eigenvalue weighted by atomic mass is 9.63. The summed E-state index contributed by atoms with van der Waals surface area (Å²) >= 11 is 0. The summed E-state index contributed by atoms with van der Waals surface area (Å²) in [5.41, 5.74) is 3.82. The van der Waals surface area contributed by atoms with E-state index in [1.165, 1.54) is 43.2 Å². The van der Waals surface area contributed by atoms with Crippen LogP contribution in [0.3, 0.4) is 0 Å². The summed E-state index contributed by atoms with van der Waals surface area (Å²) in [6.45, 7) is 2.07. The van der Waals surface area contributed by atoms with E-state index in [4.69, 9.17) is 0 Å². The van der Waals surface area contributed by atoms with Crippen LogP contribution in [0.2, 0.25) is 0 Å². The third-order valence-electron chi connectivity index (χ3n) is 4.58. The van der Waals surface area contributed by atoms with Crippen molar-refractivity contribution in [3.05, 3.63) is 34.9 Å². The Morgan fingerprint density at radius 2 is 1.82 bits per heavy atom. The summed E-state index contributed by atoms with van der Waals surface area (Å²) in [5.74, 6) is 0.386. The van der Waals surface area contributed by atoms with Crippen molar-refractivity contribution >= 4 is 5.78 Å². The largest absolute Gasteiger partial charge is 0.294 e. The molecule has 0 N–H and O–H groups in total. The maximum absolute atomic E-state index is 12.3. The fourth-order valence-corrected chi connectivity index (χ4v) is 3.66. The number of carbonyl (C=O) groups is 1. The molecule has 1 fully saturated rings. The molecule has 2 aliphatic rings. The number of rotatable bonds is 0. The van der Waals surface area contributed by atoms with E-state index in [1.807, 2.05) is 0 Å². The molecule has 0 atom stereocenters. The van der Waals surface area contributed by atoms with Gasteiger partial charge in [0, 0.05) is 12.0 Å². The molecule has 0 radical (unpaired) electrons. The van der Waals surface area contributed by atoms with Gasteiger partial charge in [-0.05, 0) is 43.2 Å². The van der Waals surface area contributed by atoms with Crippen molar-refractivity contribution in [2.45, 2.75) is 51.9 Å². The van der Waals surface area contributed by atoms with E-state index in [9.17, 15) is 4.79 Å². The van der Waals surface area contributed by atoms with Gasteiger partial charge in [0.05, 0.1) is 0 Å². The molecule has 1 aromatic rings. The highest BCUT2D eigenvalue weighted by molar-refractivity contribution is 5.99. The standard InChI is InChI=1S/C16H20O/c1-12-5-6-13-10-16(7-3-2-4-8-16)11-15(17)14(13)9-12/h5-6,9H,2-4,7-8,10-11H2,1H3. The Kier molecular flexibility index (Phi) is 2.57. The smallest absolute Gasteiger partial charge is 0.163 e. The van der Waals surface area contributed by atoms with Crippen LogP contribution in [0, 0.1) is 12.3 Å². The molecular weight excluding hydrogens is 208 g/mol. The third-order valence-corrected chi connectivity index (χ3v) is 4.58. The predicted molar refractivity (Wildman–Crippen MR) is 69.3 cm³/mol. The molecule has 0 unspecified atom stereocenters. The highest BCUT2D eigenvalue weighted by Gasteiger charge is 2.38. The van der Waals surface area contributed by atoms with Gasteiger partial charge in [0.1, 0.15) is 0 Å². The second kappa shape index (κ2) is 3.97. The first-order valence-electron chi connectivity index (χ1n) is 6.81. The zero-order valence-corrected chi connectivity index (χ0v) is 10.6. The predicted octanol–water partition coefficient (Wildman–Crippen LogP) is 4.07. The first kappa shape index (κ1) is 11.0. The molecule has 1 spiro atoms. The molecule has 1 saturated carbocycles. The van der Waals surface area contributed by atoms with Crippen molar-refractivity contribution in [2.24, 2.45) is 5.41 Å². The van der Waals surface area contributed by atoms with Gasteiger partial charge >= 0.3 is 0 Å². The first-order valence-corrected chi connectivity index (χ1v) is 6.81. The molecule has 0 aromatic heterocycles. The Labute approximate surface area is 103 Å². The zero-order chi connectivity index (χ0) is 11.9. The molecule has 0 amide bonds. The summed E-state index contributed by atoms with van der Waals surface area (Å²) in [4.78, 5) is 12.3. The van der Waals surface area contributed by atoms with Crippen LogP contribution >= 0.6 is 0 Å². The quantitative estimate of drug-likeness (QED) is 0.654. The molecule has 0 bridgehead atoms. The van der Waals surface area contributed by atoms with Gasteiger partial charge in [-0.25, -0.2) is 0 Å². The van der Waals surface area contributed by atoms with E-state index >= 15 is 0 Å². The molecule has 1 nitrogen and oxygen atoms in total. The fraction of sp³-hybridized carbons (Fsp3) is 0.562. The Morgan fingerprint density at radius 3 is 2.59 bits per heavy atom. The molecule has 1 aromatic carbocycles. The van der Waals surface area contributed by atoms with E-state index in [0.717, 1.165) is 18.4 Å². The average molecular weight is 228 g/mol. The highest BCUT2D eigenvalue weighted by atomic mass is 16.1. The minimum atomic E-state index is 0.317. The third kappa shape index (κ3) is 1.92. The summed E-state index contributed by atoms with van der Waals surface area (Å²) in [6.07, 6.45) is 8.43. The number of aryl methyl sites for hydroxylation is 1. The van der Waals surface area contributed by atoms with Gasteiger partial charge in [-0.3, -0.25) is 4.79 Å². The average Bonchev–Trinajstić information content (AvgIpc) is 2.31. The Bertz CT molecular complexity index is 453. The summed E-state index contributed by atoms with van der Waals surface area (Å²) < 4.78 is 0. The molecule has 17 heavy (non-hydrogen) atoms. The molecular formula is C16H20O. The minimum Gasteiger partial charge on any atom is -0.294 e. The van der Waals surface area contributed by atoms with Crippen LogP contribution in [-0.4, -0.2) is 5.78 Å². The molecule has 0 heterocycles. The van der Waals surface area contributed by atoms with Gasteiger partial charge < -0.3 is 0 Å². The number of hydrogen-bond donors (Lipinski definition) is 0. The lowest BCUT2D eigenvalue weighted by molar-refractivity contribution is 0.0822. The topological polar surface area (TPSA) is 17.1 Å². The van der Waals surface area contributed by atoms with Gasteiger partial charge in [0.15, 0.2) is 5.78 Å². The highest BCUT2D eigenvalue weighted by Crippen LogP contribution is 2.46. The normalized spacial score (nSPS) is 22.5. The number of carbonyl (C=O) groups excluding carboxylic acids is 1. The van der Waals surface area contributed by atoms with Gasteiger partial charge in [-0.1, -0.05) is 37.0 Å². The van der Waals surface area contributed by atoms with Crippen LogP contribution < -0.4 is 0 Å². The summed E-state index contributed by atoms with van der Waals surface area (Å²) in [5, 5.41) is 0. The number of fused-ring (bicyclic) bond motifs is 1. The van der Waals surface area contributed by atoms with Crippen LogP contribution in [0.5, 0.6) is 0 Å². The lowest BCUT2D eigenvalue weighted by Crippen LogP contribution is -2.34. The van der Waals surface area contributed by atoms with Gasteiger partial charge in [-0.15, -0.1) is 0 Å². The molecule has 0 saturated heterocycles. The van der Waals surface area contributed by atoms with Crippen molar-refractivity contribution in [1.82, 2.24) is 0 Å². The monoisotopic (exact) mass is 228 g/mol. The molecule has 1 heteroatoms. The Hall–Kier alpha value is -1.11. The van der Waals surface area contributed by atoms with Gasteiger partial charge in [-0.2, -0.15) is 0 Å². The molecule has 0 aliphatic heterocycles. The van der Waals surface area contributed by atoms with Gasteiger partial charge in [0.2, 0.25) is 0 Å². The number of Topliss-reactive ketones (excluding diaryl/α,β-unsaturated/α-hetero) is 1. The SMILES string of the molecule is Cc1ccc2c(c1)C(=O)CC1(CCCCC1)C2. The van der Waals surface area contributed by atoms with E-state index in [0.29, 0.717) is 11.2 Å². The van der Waals surface area contributed by atoms with Crippen LogP contribution in [0.1, 0.15) is 60.0 Å². The van der Waals surface area contributed by atoms with Crippen LogP contribution in [0.4, 0.5) is 0 Å². The summed E-state index contributed by atoms with van der Waals surface area (Å²) in [6, 6.07) is 6.40. The van der Waals surface area contributed by atoms with Crippen LogP contribution in [0.15, 0.2) is 18.2 Å². The molecule has 90 valence electrons. The van der Waals surface area contributed by atoms with Crippen LogP contribution in [-0.2, 0) is 6.42 Å². The van der Waals surface area contributed by atoms with E-state index in [-0.39, 0.29) is 0 Å². The van der Waals surface area contributed by atoms with Crippen molar-refractivity contribution in [3.63, 3.8) is 0 Å². The van der Waals surface area contributed by atoms with Gasteiger partial charge in [0.25, 0.3) is 0 Å². The summed E-state index contributed by atoms with van der Waals surface area (Å²) in [7, 11) is 0. The Morgan fingerprint density at radius 1 is 1.06 bits per heavy atom. The maximum Gasteiger partial charge on any atom is 0.163 e. The van der Waals surface area contributed by atoms with Crippen molar-refractivity contribution in [3.8, 4) is 0 Å².